The maximum absolute atomic E-state index is 11.6. The average Bonchev–Trinajstić information content (AvgIpc) is 4.01. The minimum atomic E-state index is -0.383. The van der Waals surface area contributed by atoms with Crippen LogP contribution in [0.3, 0.4) is 0 Å². The Hall–Kier alpha value is -7.33. The highest BCUT2D eigenvalue weighted by Crippen LogP contribution is 2.28. The van der Waals surface area contributed by atoms with Crippen molar-refractivity contribution in [1.82, 2.24) is 34.9 Å². The van der Waals surface area contributed by atoms with E-state index in [0.717, 1.165) is 88.7 Å². The maximum Gasteiger partial charge on any atom is 0.269 e. The summed E-state index contributed by atoms with van der Waals surface area (Å²) < 4.78 is 0. The molecule has 0 radical (unpaired) electrons. The Morgan fingerprint density at radius 1 is 0.373 bits per heavy atom. The highest BCUT2D eigenvalue weighted by atomic mass is 16.6. The number of nitro groups is 1. The number of non-ortho nitro benzene ring substituents is 1. The predicted octanol–water partition coefficient (Wildman–Crippen LogP) is 4.39. The van der Waals surface area contributed by atoms with Gasteiger partial charge >= 0.3 is 0 Å². The number of aromatic amines is 4. The van der Waals surface area contributed by atoms with Gasteiger partial charge in [0.05, 0.1) is 4.92 Å². The van der Waals surface area contributed by atoms with E-state index in [1.54, 1.807) is 49.3 Å². The summed E-state index contributed by atoms with van der Waals surface area (Å²) in [4.78, 5) is 38.9. The molecule has 7 aromatic heterocycles. The average molecular weight is 665 g/mol. The molecule has 10 nitrogen and oxygen atoms in total. The Morgan fingerprint density at radius 2 is 0.667 bits per heavy atom. The van der Waals surface area contributed by atoms with Crippen molar-refractivity contribution in [2.24, 2.45) is 0 Å². The Balaban J connectivity index is 1.42. The number of H-pyrrole nitrogens is 4. The Morgan fingerprint density at radius 3 is 0.961 bits per heavy atom. The first kappa shape index (κ1) is 29.8. The lowest BCUT2D eigenvalue weighted by atomic mass is 10.0. The van der Waals surface area contributed by atoms with Gasteiger partial charge in [-0.2, -0.15) is 0 Å². The van der Waals surface area contributed by atoms with Crippen LogP contribution < -0.4 is 21.4 Å². The molecule has 1 aliphatic heterocycles. The molecule has 1 aromatic carbocycles. The number of fused-ring (bicyclic) bond motifs is 8. The topological polar surface area (TPSA) is 145 Å². The number of nitro benzene ring substituents is 1. The molecular weight excluding hydrogens is 637 g/mol. The van der Waals surface area contributed by atoms with Gasteiger partial charge in [-0.15, -0.1) is 0 Å². The van der Waals surface area contributed by atoms with E-state index in [9.17, 15) is 10.1 Å². The third kappa shape index (κ3) is 5.37. The zero-order chi connectivity index (χ0) is 34.3. The van der Waals surface area contributed by atoms with E-state index in [2.05, 4.69) is 83.4 Å². The maximum atomic E-state index is 11.6. The molecule has 10 heteroatoms. The Bertz CT molecular complexity index is 2810. The lowest BCUT2D eigenvalue weighted by Gasteiger charge is -2.09. The van der Waals surface area contributed by atoms with Gasteiger partial charge in [0, 0.05) is 116 Å². The number of rotatable bonds is 5. The fourth-order valence-electron chi connectivity index (χ4n) is 6.88. The first-order chi connectivity index (χ1) is 25.1. The van der Waals surface area contributed by atoms with Crippen molar-refractivity contribution in [2.75, 3.05) is 0 Å². The van der Waals surface area contributed by atoms with E-state index in [4.69, 9.17) is 0 Å². The fraction of sp³-hybridized carbons (Fsp3) is 0. The van der Waals surface area contributed by atoms with Crippen LogP contribution in [0, 0.1) is 10.1 Å². The highest BCUT2D eigenvalue weighted by molar-refractivity contribution is 5.84. The minimum Gasteiger partial charge on any atom is -0.354 e. The number of hydrogen-bond donors (Lipinski definition) is 4. The second-order valence-corrected chi connectivity index (χ2v) is 12.2. The lowest BCUT2D eigenvalue weighted by Crippen LogP contribution is -2.19. The molecule has 9 rings (SSSR count). The normalized spacial score (nSPS) is 12.7. The Kier molecular flexibility index (Phi) is 7.17. The number of nitrogens with zero attached hydrogens (tertiary/aromatic N) is 4. The molecule has 4 N–H and O–H groups in total. The second-order valence-electron chi connectivity index (χ2n) is 12.2. The summed E-state index contributed by atoms with van der Waals surface area (Å²) >= 11 is 0. The summed E-state index contributed by atoms with van der Waals surface area (Å²) in [6.45, 7) is 0. The third-order valence-electron chi connectivity index (χ3n) is 9.17. The monoisotopic (exact) mass is 664 g/mol. The molecule has 0 aliphatic carbocycles. The summed E-state index contributed by atoms with van der Waals surface area (Å²) in [5.41, 5.74) is 11.2. The molecule has 8 heterocycles. The largest absolute Gasteiger partial charge is 0.354 e. The standard InChI is InChI=1S/C41H28N8O2/c50-49(51)29-3-1-25(2-4-29)38-30-5-7-32(45-30)39(26-13-19-42-20-14-26)34-9-11-36(47-34)41(28-17-23-44-24-18-28)37-12-10-35(48-37)40(27-15-21-43-22-16-27)33-8-6-31(38)46-33/h1-24,45-48H. The molecule has 0 saturated heterocycles. The van der Waals surface area contributed by atoms with E-state index in [0.29, 0.717) is 0 Å². The number of pyridine rings is 3. The molecule has 8 aromatic rings. The molecule has 8 bridgehead atoms. The number of aromatic nitrogens is 7. The smallest absolute Gasteiger partial charge is 0.269 e. The number of benzene rings is 1. The number of nitrogens with one attached hydrogen (secondary N) is 4. The van der Waals surface area contributed by atoms with Gasteiger partial charge in [0.1, 0.15) is 0 Å². The van der Waals surface area contributed by atoms with E-state index in [1.807, 2.05) is 36.4 Å². The summed E-state index contributed by atoms with van der Waals surface area (Å²) in [6.07, 6.45) is 10.8. The number of hydrogen-bond acceptors (Lipinski definition) is 5. The molecule has 0 atom stereocenters. The molecular formula is C41H28N8O2. The zero-order valence-electron chi connectivity index (χ0n) is 27.0. The van der Waals surface area contributed by atoms with Crippen LogP contribution in [-0.4, -0.2) is 39.8 Å². The Labute approximate surface area is 290 Å². The van der Waals surface area contributed by atoms with Crippen LogP contribution in [0.2, 0.25) is 0 Å². The van der Waals surface area contributed by atoms with Crippen molar-refractivity contribution in [3.05, 3.63) is 223 Å². The van der Waals surface area contributed by atoms with Crippen molar-refractivity contribution < 1.29 is 4.92 Å². The zero-order valence-corrected chi connectivity index (χ0v) is 27.0. The van der Waals surface area contributed by atoms with Crippen LogP contribution >= 0.6 is 0 Å². The SMILES string of the molecule is O=[N+]([O-])c1ccc(C2=c3ccc([nH]3)=C(c3ccncc3)c3ccc([nH]3)C(c3ccncc3)=c3ccc([nH]3)=C(c3ccncc3)c3ccc2[nH]3)cc1. The van der Waals surface area contributed by atoms with E-state index >= 15 is 0 Å². The van der Waals surface area contributed by atoms with E-state index in [1.165, 1.54) is 12.1 Å². The van der Waals surface area contributed by atoms with Gasteiger partial charge in [-0.1, -0.05) is 0 Å². The van der Waals surface area contributed by atoms with Crippen LogP contribution in [0.25, 0.3) is 22.3 Å². The molecule has 1 aliphatic rings. The van der Waals surface area contributed by atoms with Crippen molar-refractivity contribution in [1.29, 1.82) is 0 Å². The van der Waals surface area contributed by atoms with Crippen LogP contribution in [-0.2, 0) is 0 Å². The van der Waals surface area contributed by atoms with Crippen molar-refractivity contribution in [3.63, 3.8) is 0 Å². The van der Waals surface area contributed by atoms with Gasteiger partial charge in [0.15, 0.2) is 0 Å². The van der Waals surface area contributed by atoms with Gasteiger partial charge in [-0.3, -0.25) is 25.1 Å². The van der Waals surface area contributed by atoms with Crippen LogP contribution in [0.5, 0.6) is 0 Å². The lowest BCUT2D eigenvalue weighted by molar-refractivity contribution is -0.384. The highest BCUT2D eigenvalue weighted by Gasteiger charge is 2.18. The molecule has 0 fully saturated rings. The first-order valence-corrected chi connectivity index (χ1v) is 16.3. The molecule has 244 valence electrons. The van der Waals surface area contributed by atoms with Gasteiger partial charge in [-0.05, 0) is 119 Å². The van der Waals surface area contributed by atoms with Gasteiger partial charge in [0.2, 0.25) is 0 Å². The van der Waals surface area contributed by atoms with Gasteiger partial charge in [0.25, 0.3) is 5.69 Å². The molecule has 51 heavy (non-hydrogen) atoms. The summed E-state index contributed by atoms with van der Waals surface area (Å²) in [5.74, 6) is 0. The second kappa shape index (κ2) is 12.3. The summed E-state index contributed by atoms with van der Waals surface area (Å²) in [5, 5.41) is 15.1. The molecule has 0 unspecified atom stereocenters. The summed E-state index contributed by atoms with van der Waals surface area (Å²) in [6, 6.07) is 35.3. The fourth-order valence-corrected chi connectivity index (χ4v) is 6.88. The van der Waals surface area contributed by atoms with Crippen molar-refractivity contribution >= 4 is 28.0 Å². The quantitative estimate of drug-likeness (QED) is 0.159. The van der Waals surface area contributed by atoms with Crippen molar-refractivity contribution in [2.45, 2.75) is 0 Å². The minimum absolute atomic E-state index is 0.0292. The predicted molar refractivity (Wildman–Crippen MR) is 194 cm³/mol. The van der Waals surface area contributed by atoms with Gasteiger partial charge < -0.3 is 19.9 Å². The van der Waals surface area contributed by atoms with Crippen LogP contribution in [0.4, 0.5) is 5.69 Å². The molecule has 0 amide bonds. The van der Waals surface area contributed by atoms with Crippen LogP contribution in [0.15, 0.2) is 146 Å². The summed E-state index contributed by atoms with van der Waals surface area (Å²) in [7, 11) is 0. The molecule has 0 saturated carbocycles. The van der Waals surface area contributed by atoms with Crippen LogP contribution in [0.1, 0.15) is 45.0 Å². The third-order valence-corrected chi connectivity index (χ3v) is 9.17. The molecule has 0 spiro atoms. The first-order valence-electron chi connectivity index (χ1n) is 16.3. The van der Waals surface area contributed by atoms with Gasteiger partial charge in [-0.25, -0.2) is 0 Å². The van der Waals surface area contributed by atoms with E-state index < -0.39 is 0 Å². The van der Waals surface area contributed by atoms with Crippen molar-refractivity contribution in [3.8, 4) is 0 Å². The van der Waals surface area contributed by atoms with E-state index in [-0.39, 0.29) is 10.6 Å².